The number of piperidine rings is 1. The summed E-state index contributed by atoms with van der Waals surface area (Å²) in [6.45, 7) is 7.92. The molecule has 0 spiro atoms. The highest BCUT2D eigenvalue weighted by Gasteiger charge is 2.35. The number of likely N-dealkylation sites (tertiary alicyclic amines) is 1. The van der Waals surface area contributed by atoms with Crippen LogP contribution in [0.3, 0.4) is 0 Å². The van der Waals surface area contributed by atoms with Crippen LogP contribution in [0.4, 0.5) is 0 Å². The molecular formula is C15H28N2O. The van der Waals surface area contributed by atoms with Crippen LogP contribution in [0.1, 0.15) is 39.0 Å². The maximum atomic E-state index is 5.92. The van der Waals surface area contributed by atoms with E-state index in [1.807, 2.05) is 0 Å². The van der Waals surface area contributed by atoms with Gasteiger partial charge in [0, 0.05) is 25.7 Å². The van der Waals surface area contributed by atoms with Crippen LogP contribution >= 0.6 is 0 Å². The lowest BCUT2D eigenvalue weighted by Crippen LogP contribution is -2.54. The molecule has 0 aromatic heterocycles. The summed E-state index contributed by atoms with van der Waals surface area (Å²) in [6.07, 6.45) is 7.73. The molecule has 1 saturated carbocycles. The molecule has 3 fully saturated rings. The van der Waals surface area contributed by atoms with Gasteiger partial charge in [-0.15, -0.1) is 0 Å². The minimum atomic E-state index is 0.402. The number of nitrogens with zero attached hydrogens (tertiary/aromatic N) is 1. The van der Waals surface area contributed by atoms with Crippen LogP contribution in [-0.4, -0.2) is 49.8 Å². The van der Waals surface area contributed by atoms with E-state index in [0.717, 1.165) is 31.5 Å². The Morgan fingerprint density at radius 3 is 2.78 bits per heavy atom. The van der Waals surface area contributed by atoms with Crippen LogP contribution in [0.25, 0.3) is 0 Å². The first-order valence-corrected chi connectivity index (χ1v) is 7.91. The molecule has 0 radical (unpaired) electrons. The number of rotatable bonds is 2. The molecule has 3 rings (SSSR count). The van der Waals surface area contributed by atoms with Crippen molar-refractivity contribution < 1.29 is 4.74 Å². The summed E-state index contributed by atoms with van der Waals surface area (Å²) in [5.41, 5.74) is 0. The van der Waals surface area contributed by atoms with Gasteiger partial charge in [-0.2, -0.15) is 0 Å². The molecule has 2 heterocycles. The summed E-state index contributed by atoms with van der Waals surface area (Å²) in [5.74, 6) is 2.01. The first-order chi connectivity index (χ1) is 8.84. The molecule has 3 aliphatic rings. The smallest absolute Gasteiger partial charge is 0.0852 e. The quantitative estimate of drug-likeness (QED) is 0.812. The number of morpholine rings is 1. The van der Waals surface area contributed by atoms with E-state index in [2.05, 4.69) is 17.1 Å². The van der Waals surface area contributed by atoms with E-state index >= 15 is 0 Å². The van der Waals surface area contributed by atoms with E-state index < -0.39 is 0 Å². The van der Waals surface area contributed by atoms with Crippen molar-refractivity contribution in [1.82, 2.24) is 10.2 Å². The summed E-state index contributed by atoms with van der Waals surface area (Å²) < 4.78 is 5.92. The third kappa shape index (κ3) is 2.73. The van der Waals surface area contributed by atoms with Crippen molar-refractivity contribution in [3.63, 3.8) is 0 Å². The van der Waals surface area contributed by atoms with Gasteiger partial charge in [-0.1, -0.05) is 19.3 Å². The van der Waals surface area contributed by atoms with Gasteiger partial charge < -0.3 is 10.1 Å². The molecule has 104 valence electrons. The van der Waals surface area contributed by atoms with Crippen LogP contribution < -0.4 is 5.32 Å². The van der Waals surface area contributed by atoms with Crippen molar-refractivity contribution in [2.24, 2.45) is 11.8 Å². The Morgan fingerprint density at radius 2 is 2.00 bits per heavy atom. The molecule has 4 atom stereocenters. The molecule has 0 aromatic carbocycles. The van der Waals surface area contributed by atoms with Crippen molar-refractivity contribution in [3.05, 3.63) is 0 Å². The van der Waals surface area contributed by atoms with Crippen molar-refractivity contribution in [2.75, 3.05) is 32.8 Å². The maximum Gasteiger partial charge on any atom is 0.0852 e. The molecule has 2 saturated heterocycles. The normalized spacial score (nSPS) is 40.2. The lowest BCUT2D eigenvalue weighted by atomic mass is 9.75. The maximum absolute atomic E-state index is 5.92. The van der Waals surface area contributed by atoms with E-state index in [1.165, 1.54) is 45.2 Å². The SMILES string of the molecule is CC(C1CNCCO1)N1CCC2CCCCC2C1. The number of fused-ring (bicyclic) bond motifs is 1. The van der Waals surface area contributed by atoms with Crippen LogP contribution in [0, 0.1) is 11.8 Å². The number of hydrogen-bond acceptors (Lipinski definition) is 3. The Bertz CT molecular complexity index is 262. The molecule has 4 unspecified atom stereocenters. The van der Waals surface area contributed by atoms with Crippen LogP contribution in [0.2, 0.25) is 0 Å². The summed E-state index contributed by atoms with van der Waals surface area (Å²) in [4.78, 5) is 2.70. The van der Waals surface area contributed by atoms with E-state index in [0.29, 0.717) is 12.1 Å². The highest BCUT2D eigenvalue weighted by atomic mass is 16.5. The Labute approximate surface area is 111 Å². The fourth-order valence-corrected chi connectivity index (χ4v) is 4.13. The van der Waals surface area contributed by atoms with Crippen LogP contribution in [-0.2, 0) is 4.74 Å². The molecule has 18 heavy (non-hydrogen) atoms. The average Bonchev–Trinajstić information content (AvgIpc) is 2.47. The van der Waals surface area contributed by atoms with Crippen LogP contribution in [0.5, 0.6) is 0 Å². The second-order valence-corrected chi connectivity index (χ2v) is 6.44. The first kappa shape index (κ1) is 12.9. The largest absolute Gasteiger partial charge is 0.374 e. The predicted octanol–water partition coefficient (Wildman–Crippen LogP) is 1.88. The van der Waals surface area contributed by atoms with Gasteiger partial charge in [0.1, 0.15) is 0 Å². The minimum Gasteiger partial charge on any atom is -0.374 e. The van der Waals surface area contributed by atoms with Gasteiger partial charge in [-0.3, -0.25) is 4.90 Å². The van der Waals surface area contributed by atoms with Gasteiger partial charge in [0.2, 0.25) is 0 Å². The van der Waals surface area contributed by atoms with Crippen molar-refractivity contribution in [2.45, 2.75) is 51.2 Å². The summed E-state index contributed by atoms with van der Waals surface area (Å²) in [6, 6.07) is 0.584. The number of hydrogen-bond donors (Lipinski definition) is 1. The van der Waals surface area contributed by atoms with E-state index in [1.54, 1.807) is 0 Å². The second-order valence-electron chi connectivity index (χ2n) is 6.44. The van der Waals surface area contributed by atoms with Gasteiger partial charge in [-0.25, -0.2) is 0 Å². The predicted molar refractivity (Wildman–Crippen MR) is 73.7 cm³/mol. The highest BCUT2D eigenvalue weighted by Crippen LogP contribution is 2.36. The molecular weight excluding hydrogens is 224 g/mol. The second kappa shape index (κ2) is 5.89. The number of ether oxygens (including phenoxy) is 1. The lowest BCUT2D eigenvalue weighted by Gasteiger charge is -2.45. The van der Waals surface area contributed by atoms with E-state index in [-0.39, 0.29) is 0 Å². The fraction of sp³-hybridized carbons (Fsp3) is 1.00. The standard InChI is InChI=1S/C15H28N2O/c1-12(15-10-16-7-9-18-15)17-8-6-13-4-2-3-5-14(13)11-17/h12-16H,2-11H2,1H3. The Balaban J connectivity index is 1.55. The van der Waals surface area contributed by atoms with Crippen molar-refractivity contribution >= 4 is 0 Å². The summed E-state index contributed by atoms with van der Waals surface area (Å²) in [7, 11) is 0. The van der Waals surface area contributed by atoms with Gasteiger partial charge in [-0.05, 0) is 38.1 Å². The van der Waals surface area contributed by atoms with Gasteiger partial charge in [0.15, 0.2) is 0 Å². The molecule has 3 heteroatoms. The first-order valence-electron chi connectivity index (χ1n) is 7.91. The molecule has 3 nitrogen and oxygen atoms in total. The Hall–Kier alpha value is -0.120. The van der Waals surface area contributed by atoms with Crippen molar-refractivity contribution in [1.29, 1.82) is 0 Å². The van der Waals surface area contributed by atoms with E-state index in [9.17, 15) is 0 Å². The Kier molecular flexibility index (Phi) is 4.22. The average molecular weight is 252 g/mol. The topological polar surface area (TPSA) is 24.5 Å². The van der Waals surface area contributed by atoms with Gasteiger partial charge >= 0.3 is 0 Å². The summed E-state index contributed by atoms with van der Waals surface area (Å²) in [5, 5.41) is 3.46. The monoisotopic (exact) mass is 252 g/mol. The zero-order valence-corrected chi connectivity index (χ0v) is 11.7. The number of nitrogens with one attached hydrogen (secondary N) is 1. The molecule has 2 aliphatic heterocycles. The highest BCUT2D eigenvalue weighted by molar-refractivity contribution is 4.88. The third-order valence-electron chi connectivity index (χ3n) is 5.39. The third-order valence-corrected chi connectivity index (χ3v) is 5.39. The van der Waals surface area contributed by atoms with E-state index in [4.69, 9.17) is 4.74 Å². The Morgan fingerprint density at radius 1 is 1.17 bits per heavy atom. The molecule has 1 aliphatic carbocycles. The van der Waals surface area contributed by atoms with Gasteiger partial charge in [0.05, 0.1) is 12.7 Å². The zero-order chi connectivity index (χ0) is 12.4. The minimum absolute atomic E-state index is 0.402. The molecule has 0 aromatic rings. The zero-order valence-electron chi connectivity index (χ0n) is 11.7. The van der Waals surface area contributed by atoms with Crippen LogP contribution in [0.15, 0.2) is 0 Å². The summed E-state index contributed by atoms with van der Waals surface area (Å²) >= 11 is 0. The fourth-order valence-electron chi connectivity index (χ4n) is 4.13. The van der Waals surface area contributed by atoms with Crippen molar-refractivity contribution in [3.8, 4) is 0 Å². The molecule has 1 N–H and O–H groups in total. The lowest BCUT2D eigenvalue weighted by molar-refractivity contribution is -0.0455. The van der Waals surface area contributed by atoms with Gasteiger partial charge in [0.25, 0.3) is 0 Å². The molecule has 0 bridgehead atoms. The molecule has 0 amide bonds.